The molecule has 0 saturated carbocycles. The Bertz CT molecular complexity index is 512. The van der Waals surface area contributed by atoms with Crippen molar-refractivity contribution in [2.75, 3.05) is 11.9 Å². The third kappa shape index (κ3) is 5.72. The number of nitro benzene ring substituents is 1. The molecule has 0 aliphatic rings. The minimum Gasteiger partial charge on any atom is -0.384 e. The number of hydrogen-bond acceptors (Lipinski definition) is 4. The molecule has 0 radical (unpaired) electrons. The van der Waals surface area contributed by atoms with Crippen LogP contribution in [0.3, 0.4) is 0 Å². The summed E-state index contributed by atoms with van der Waals surface area (Å²) in [7, 11) is 0. The van der Waals surface area contributed by atoms with Crippen molar-refractivity contribution in [1.82, 2.24) is 5.32 Å². The van der Waals surface area contributed by atoms with Gasteiger partial charge >= 0.3 is 0 Å². The number of anilines is 1. The summed E-state index contributed by atoms with van der Waals surface area (Å²) in [5.41, 5.74) is 0.615. The third-order valence-electron chi connectivity index (χ3n) is 2.35. The average Bonchev–Trinajstić information content (AvgIpc) is 2.28. The first-order chi connectivity index (χ1) is 9.19. The van der Waals surface area contributed by atoms with E-state index in [1.807, 2.05) is 43.4 Å². The third-order valence-corrected chi connectivity index (χ3v) is 3.24. The zero-order chi connectivity index (χ0) is 15.3. The first kappa shape index (κ1) is 16.7. The maximum Gasteiger partial charge on any atom is 0.270 e. The van der Waals surface area contributed by atoms with Crippen molar-refractivity contribution in [3.63, 3.8) is 0 Å². The summed E-state index contributed by atoms with van der Waals surface area (Å²) in [5, 5.41) is 16.6. The normalized spacial score (nSPS) is 11.0. The molecule has 0 aliphatic heterocycles. The number of nitro groups is 1. The second-order valence-corrected chi connectivity index (χ2v) is 6.56. The van der Waals surface area contributed by atoms with Crippen molar-refractivity contribution in [2.24, 2.45) is 0 Å². The molecule has 0 spiro atoms. The highest BCUT2D eigenvalue weighted by molar-refractivity contribution is 14.1. The summed E-state index contributed by atoms with van der Waals surface area (Å²) in [5.74, 6) is -0.0260. The number of benzene rings is 1. The molecule has 1 aromatic rings. The van der Waals surface area contributed by atoms with Crippen LogP contribution in [0.4, 0.5) is 11.4 Å². The number of amides is 1. The van der Waals surface area contributed by atoms with Gasteiger partial charge in [-0.25, -0.2) is 0 Å². The molecule has 0 heterocycles. The lowest BCUT2D eigenvalue weighted by atomic mass is 10.1. The van der Waals surface area contributed by atoms with Gasteiger partial charge in [0.05, 0.1) is 4.92 Å². The zero-order valence-electron chi connectivity index (χ0n) is 11.7. The van der Waals surface area contributed by atoms with Gasteiger partial charge in [-0.2, -0.15) is 0 Å². The maximum atomic E-state index is 11.6. The molecule has 0 aromatic heterocycles. The van der Waals surface area contributed by atoms with Gasteiger partial charge in [-0.05, 0) is 49.4 Å². The van der Waals surface area contributed by atoms with E-state index >= 15 is 0 Å². The Morgan fingerprint density at radius 1 is 1.40 bits per heavy atom. The van der Waals surface area contributed by atoms with Crippen LogP contribution in [0.5, 0.6) is 0 Å². The molecular formula is C13H18IN3O3. The molecule has 0 saturated heterocycles. The summed E-state index contributed by atoms with van der Waals surface area (Å²) in [6.45, 7) is 6.27. The molecule has 0 aliphatic carbocycles. The van der Waals surface area contributed by atoms with E-state index in [2.05, 4.69) is 10.6 Å². The molecule has 0 bridgehead atoms. The summed E-state index contributed by atoms with van der Waals surface area (Å²) >= 11 is 2.03. The van der Waals surface area contributed by atoms with Crippen molar-refractivity contribution in [1.29, 1.82) is 0 Å². The Morgan fingerprint density at radius 2 is 2.05 bits per heavy atom. The molecule has 1 rings (SSSR count). The molecule has 20 heavy (non-hydrogen) atoms. The van der Waals surface area contributed by atoms with E-state index in [1.54, 1.807) is 6.07 Å². The van der Waals surface area contributed by atoms with Gasteiger partial charge in [0.2, 0.25) is 5.91 Å². The standard InChI is InChI=1S/C13H18IN3O3/c1-13(2,3)16-12(18)6-7-15-11-5-4-9(17(19)20)8-10(11)14/h4-5,8,15H,6-7H2,1-3H3,(H,16,18). The van der Waals surface area contributed by atoms with Crippen LogP contribution in [-0.2, 0) is 4.79 Å². The fraction of sp³-hybridized carbons (Fsp3) is 0.462. The largest absolute Gasteiger partial charge is 0.384 e. The lowest BCUT2D eigenvalue weighted by molar-refractivity contribution is -0.384. The molecule has 0 fully saturated rings. The Hall–Kier alpha value is -1.38. The van der Waals surface area contributed by atoms with E-state index < -0.39 is 4.92 Å². The minimum atomic E-state index is -0.428. The lowest BCUT2D eigenvalue weighted by Crippen LogP contribution is -2.41. The molecule has 1 amide bonds. The average molecular weight is 391 g/mol. The van der Waals surface area contributed by atoms with E-state index in [9.17, 15) is 14.9 Å². The van der Waals surface area contributed by atoms with Gasteiger partial charge in [-0.3, -0.25) is 14.9 Å². The first-order valence-corrected chi connectivity index (χ1v) is 7.26. The van der Waals surface area contributed by atoms with Crippen molar-refractivity contribution in [2.45, 2.75) is 32.7 Å². The van der Waals surface area contributed by atoms with Gasteiger partial charge < -0.3 is 10.6 Å². The predicted octanol–water partition coefficient (Wildman–Crippen LogP) is 2.92. The minimum absolute atomic E-state index is 0.0260. The fourth-order valence-corrected chi connectivity index (χ4v) is 2.24. The number of halogens is 1. The summed E-state index contributed by atoms with van der Waals surface area (Å²) in [4.78, 5) is 21.8. The Labute approximate surface area is 131 Å². The molecular weight excluding hydrogens is 373 g/mol. The van der Waals surface area contributed by atoms with Crippen LogP contribution in [-0.4, -0.2) is 22.9 Å². The molecule has 7 heteroatoms. The van der Waals surface area contributed by atoms with Crippen molar-refractivity contribution < 1.29 is 9.72 Å². The highest BCUT2D eigenvalue weighted by atomic mass is 127. The van der Waals surface area contributed by atoms with E-state index in [4.69, 9.17) is 0 Å². The molecule has 0 atom stereocenters. The second kappa shape index (κ2) is 6.87. The highest BCUT2D eigenvalue weighted by Crippen LogP contribution is 2.23. The number of carbonyl (C=O) groups excluding carboxylic acids is 1. The van der Waals surface area contributed by atoms with Crippen LogP contribution < -0.4 is 10.6 Å². The van der Waals surface area contributed by atoms with Crippen LogP contribution >= 0.6 is 22.6 Å². The van der Waals surface area contributed by atoms with Gasteiger partial charge in [0, 0.05) is 39.9 Å². The second-order valence-electron chi connectivity index (χ2n) is 5.40. The molecule has 1 aromatic carbocycles. The van der Waals surface area contributed by atoms with Gasteiger partial charge in [-0.15, -0.1) is 0 Å². The van der Waals surface area contributed by atoms with Gasteiger partial charge in [0.15, 0.2) is 0 Å². The van der Waals surface area contributed by atoms with Crippen LogP contribution in [0.25, 0.3) is 0 Å². The Balaban J connectivity index is 2.51. The summed E-state index contributed by atoms with van der Waals surface area (Å²) in [6, 6.07) is 4.60. The lowest BCUT2D eigenvalue weighted by Gasteiger charge is -2.20. The van der Waals surface area contributed by atoms with Crippen molar-refractivity contribution in [3.05, 3.63) is 31.9 Å². The van der Waals surface area contributed by atoms with E-state index in [0.717, 1.165) is 9.26 Å². The van der Waals surface area contributed by atoms with Gasteiger partial charge in [0.1, 0.15) is 0 Å². The maximum absolute atomic E-state index is 11.6. The number of carbonyl (C=O) groups is 1. The monoisotopic (exact) mass is 391 g/mol. The fourth-order valence-electron chi connectivity index (χ4n) is 1.55. The molecule has 6 nitrogen and oxygen atoms in total. The number of non-ortho nitro benzene ring substituents is 1. The van der Waals surface area contributed by atoms with Crippen molar-refractivity contribution in [3.8, 4) is 0 Å². The Kier molecular flexibility index (Phi) is 5.73. The SMILES string of the molecule is CC(C)(C)NC(=O)CCNc1ccc([N+](=O)[O-])cc1I. The highest BCUT2D eigenvalue weighted by Gasteiger charge is 2.13. The molecule has 110 valence electrons. The first-order valence-electron chi connectivity index (χ1n) is 6.18. The summed E-state index contributed by atoms with van der Waals surface area (Å²) < 4.78 is 0.757. The Morgan fingerprint density at radius 3 is 2.55 bits per heavy atom. The predicted molar refractivity (Wildman–Crippen MR) is 86.8 cm³/mol. The van der Waals surface area contributed by atoms with Crippen LogP contribution in [0.1, 0.15) is 27.2 Å². The van der Waals surface area contributed by atoms with Gasteiger partial charge in [-0.1, -0.05) is 0 Å². The van der Waals surface area contributed by atoms with Crippen LogP contribution in [0.2, 0.25) is 0 Å². The smallest absolute Gasteiger partial charge is 0.270 e. The topological polar surface area (TPSA) is 84.3 Å². The molecule has 2 N–H and O–H groups in total. The number of hydrogen-bond donors (Lipinski definition) is 2. The van der Waals surface area contributed by atoms with Crippen LogP contribution in [0, 0.1) is 13.7 Å². The zero-order valence-corrected chi connectivity index (χ0v) is 13.9. The molecule has 0 unspecified atom stereocenters. The van der Waals surface area contributed by atoms with Crippen molar-refractivity contribution >= 4 is 39.9 Å². The van der Waals surface area contributed by atoms with Gasteiger partial charge in [0.25, 0.3) is 5.69 Å². The summed E-state index contributed by atoms with van der Waals surface area (Å²) in [6.07, 6.45) is 0.352. The van der Waals surface area contributed by atoms with E-state index in [-0.39, 0.29) is 17.1 Å². The number of nitrogens with one attached hydrogen (secondary N) is 2. The van der Waals surface area contributed by atoms with E-state index in [1.165, 1.54) is 12.1 Å². The number of rotatable bonds is 5. The quantitative estimate of drug-likeness (QED) is 0.459. The van der Waals surface area contributed by atoms with E-state index in [0.29, 0.717) is 13.0 Å². The number of nitrogens with zero attached hydrogens (tertiary/aromatic N) is 1. The van der Waals surface area contributed by atoms with Crippen LogP contribution in [0.15, 0.2) is 18.2 Å².